The van der Waals surface area contributed by atoms with Crippen molar-refractivity contribution in [3.05, 3.63) is 81.7 Å². The van der Waals surface area contributed by atoms with E-state index in [2.05, 4.69) is 22.3 Å². The molecule has 2 aliphatic rings. The van der Waals surface area contributed by atoms with Crippen LogP contribution in [0.3, 0.4) is 0 Å². The Morgan fingerprint density at radius 2 is 1.88 bits per heavy atom. The summed E-state index contributed by atoms with van der Waals surface area (Å²) in [4.78, 5) is 29.7. The average molecular weight is 634 g/mol. The lowest BCUT2D eigenvalue weighted by Gasteiger charge is -2.27. The van der Waals surface area contributed by atoms with Crippen LogP contribution in [-0.4, -0.2) is 69.0 Å². The average Bonchev–Trinajstić information content (AvgIpc) is 3.61. The first-order valence-electron chi connectivity index (χ1n) is 13.8. The first-order valence-corrected chi connectivity index (χ1v) is 16.1. The number of benzene rings is 2. The predicted molar refractivity (Wildman–Crippen MR) is 165 cm³/mol. The van der Waals surface area contributed by atoms with Gasteiger partial charge >= 0.3 is 5.97 Å². The van der Waals surface area contributed by atoms with E-state index in [-0.39, 0.29) is 42.1 Å². The number of nitrogens with one attached hydrogen (secondary N) is 1. The Morgan fingerprint density at radius 3 is 2.55 bits per heavy atom. The Kier molecular flexibility index (Phi) is 10.8. The largest absolute Gasteiger partial charge is 0.462 e. The molecule has 1 atom stereocenters. The quantitative estimate of drug-likeness (QED) is 0.315. The molecular formula is C30H36ClN3O6S2. The van der Waals surface area contributed by atoms with Crippen LogP contribution in [0.5, 0.6) is 0 Å². The standard InChI is InChI=1S/C30H35N3O6S2.ClH/c1-3-38-30(35)27-25-15-16-33(18-21-8-5-4-6-9-21)20-26(25)40-29(27)31-28(34)22-11-13-24(14-12-22)41(36,37)32(2)19-23-10-7-17-39-23;/h4-6,8-9,11-14,23H,3,7,10,15-20H2,1-2H3,(H,31,34);1H. The van der Waals surface area contributed by atoms with Gasteiger partial charge in [-0.1, -0.05) is 30.3 Å². The highest BCUT2D eigenvalue weighted by Gasteiger charge is 2.30. The number of likely N-dealkylation sites (N-methyl/N-ethyl adjacent to an activating group) is 1. The minimum Gasteiger partial charge on any atom is -0.462 e. The SMILES string of the molecule is CCOC(=O)c1c(NC(=O)c2ccc(S(=O)(=O)N(C)CC3CCCO3)cc2)sc2c1CCN(Cc1ccccc1)C2.Cl. The summed E-state index contributed by atoms with van der Waals surface area (Å²) >= 11 is 1.39. The Morgan fingerprint density at radius 1 is 1.14 bits per heavy atom. The summed E-state index contributed by atoms with van der Waals surface area (Å²) in [7, 11) is -2.19. The number of carbonyl (C=O) groups is 2. The molecule has 1 fully saturated rings. The summed E-state index contributed by atoms with van der Waals surface area (Å²) in [6.45, 7) is 5.18. The zero-order valence-electron chi connectivity index (χ0n) is 23.7. The van der Waals surface area contributed by atoms with Crippen LogP contribution in [0, 0.1) is 0 Å². The number of ether oxygens (including phenoxy) is 2. The maximum Gasteiger partial charge on any atom is 0.341 e. The monoisotopic (exact) mass is 633 g/mol. The van der Waals surface area contributed by atoms with Gasteiger partial charge in [-0.25, -0.2) is 13.2 Å². The van der Waals surface area contributed by atoms with Gasteiger partial charge in [0.25, 0.3) is 5.91 Å². The molecule has 1 unspecified atom stereocenters. The van der Waals surface area contributed by atoms with Gasteiger partial charge in [0.1, 0.15) is 5.00 Å². The molecule has 0 spiro atoms. The molecular weight excluding hydrogens is 598 g/mol. The van der Waals surface area contributed by atoms with Gasteiger partial charge in [-0.15, -0.1) is 23.7 Å². The number of hydrogen-bond acceptors (Lipinski definition) is 8. The third-order valence-corrected chi connectivity index (χ3v) is 10.4. The van der Waals surface area contributed by atoms with Crippen LogP contribution >= 0.6 is 23.7 Å². The molecule has 2 aromatic carbocycles. The number of hydrogen-bond donors (Lipinski definition) is 1. The number of halogens is 1. The van der Waals surface area contributed by atoms with Gasteiger partial charge in [-0.2, -0.15) is 4.31 Å². The molecule has 0 saturated carbocycles. The number of amides is 1. The molecule has 3 aromatic rings. The van der Waals surface area contributed by atoms with Gasteiger partial charge in [-0.05, 0) is 61.6 Å². The Hall–Kier alpha value is -2.80. The van der Waals surface area contributed by atoms with E-state index in [9.17, 15) is 18.0 Å². The third-order valence-electron chi connectivity index (χ3n) is 7.40. The van der Waals surface area contributed by atoms with Gasteiger partial charge in [0.2, 0.25) is 10.0 Å². The van der Waals surface area contributed by atoms with E-state index < -0.39 is 21.9 Å². The third kappa shape index (κ3) is 7.21. The van der Waals surface area contributed by atoms with E-state index in [0.29, 0.717) is 30.1 Å². The maximum atomic E-state index is 13.2. The summed E-state index contributed by atoms with van der Waals surface area (Å²) in [6, 6.07) is 16.1. The van der Waals surface area contributed by atoms with E-state index in [1.165, 1.54) is 52.5 Å². The number of anilines is 1. The predicted octanol–water partition coefficient (Wildman–Crippen LogP) is 4.96. The van der Waals surface area contributed by atoms with Crippen LogP contribution in [0.4, 0.5) is 5.00 Å². The fourth-order valence-corrected chi connectivity index (χ4v) is 7.72. The second kappa shape index (κ2) is 14.1. The number of rotatable bonds is 10. The van der Waals surface area contributed by atoms with Crippen molar-refractivity contribution in [3.8, 4) is 0 Å². The number of sulfonamides is 1. The molecule has 1 N–H and O–H groups in total. The molecule has 1 saturated heterocycles. The second-order valence-electron chi connectivity index (χ2n) is 10.3. The van der Waals surface area contributed by atoms with Crippen LogP contribution in [0.2, 0.25) is 0 Å². The van der Waals surface area contributed by atoms with Crippen molar-refractivity contribution in [1.29, 1.82) is 0 Å². The number of fused-ring (bicyclic) bond motifs is 1. The Labute approximate surface area is 257 Å². The zero-order chi connectivity index (χ0) is 29.0. The van der Waals surface area contributed by atoms with Crippen molar-refractivity contribution in [2.45, 2.75) is 50.3 Å². The van der Waals surface area contributed by atoms with Crippen molar-refractivity contribution in [3.63, 3.8) is 0 Å². The number of thiophene rings is 1. The molecule has 0 radical (unpaired) electrons. The number of carbonyl (C=O) groups excluding carboxylic acids is 2. The van der Waals surface area contributed by atoms with Crippen molar-refractivity contribution >= 4 is 50.6 Å². The van der Waals surface area contributed by atoms with Crippen LogP contribution < -0.4 is 5.32 Å². The van der Waals surface area contributed by atoms with E-state index >= 15 is 0 Å². The zero-order valence-corrected chi connectivity index (χ0v) is 26.2. The van der Waals surface area contributed by atoms with Crippen LogP contribution in [0.1, 0.15) is 56.5 Å². The number of nitrogens with zero attached hydrogens (tertiary/aromatic N) is 2. The van der Waals surface area contributed by atoms with Gasteiger partial charge in [0, 0.05) is 50.3 Å². The van der Waals surface area contributed by atoms with Crippen molar-refractivity contribution in [2.75, 3.05) is 38.7 Å². The number of esters is 1. The minimum absolute atomic E-state index is 0. The molecule has 0 aliphatic carbocycles. The normalized spacial score (nSPS) is 17.0. The summed E-state index contributed by atoms with van der Waals surface area (Å²) in [6.07, 6.45) is 2.34. The summed E-state index contributed by atoms with van der Waals surface area (Å²) in [5.74, 6) is -0.875. The molecule has 9 nitrogen and oxygen atoms in total. The lowest BCUT2D eigenvalue weighted by atomic mass is 10.0. The highest BCUT2D eigenvalue weighted by Crippen LogP contribution is 2.38. The van der Waals surface area contributed by atoms with Crippen molar-refractivity contribution < 1.29 is 27.5 Å². The molecule has 0 bridgehead atoms. The minimum atomic E-state index is -3.72. The first kappa shape index (κ1) is 32.1. The fraction of sp³-hybridized carbons (Fsp3) is 0.400. The van der Waals surface area contributed by atoms with Crippen molar-refractivity contribution in [1.82, 2.24) is 9.21 Å². The molecule has 1 aromatic heterocycles. The van der Waals surface area contributed by atoms with Crippen LogP contribution in [0.15, 0.2) is 59.5 Å². The maximum absolute atomic E-state index is 13.2. The summed E-state index contributed by atoms with van der Waals surface area (Å²) < 4.78 is 38.3. The fourth-order valence-electron chi connectivity index (χ4n) is 5.25. The highest BCUT2D eigenvalue weighted by atomic mass is 35.5. The van der Waals surface area contributed by atoms with Gasteiger partial charge in [0.05, 0.1) is 23.2 Å². The lowest BCUT2D eigenvalue weighted by Crippen LogP contribution is -2.34. The summed E-state index contributed by atoms with van der Waals surface area (Å²) in [5, 5.41) is 3.35. The molecule has 12 heteroatoms. The molecule has 5 rings (SSSR count). The molecule has 226 valence electrons. The lowest BCUT2D eigenvalue weighted by molar-refractivity contribution is 0.0526. The van der Waals surface area contributed by atoms with Gasteiger partial charge in [0.15, 0.2) is 0 Å². The topological polar surface area (TPSA) is 105 Å². The smallest absolute Gasteiger partial charge is 0.341 e. The molecule has 42 heavy (non-hydrogen) atoms. The summed E-state index contributed by atoms with van der Waals surface area (Å²) in [5.41, 5.74) is 2.84. The van der Waals surface area contributed by atoms with Crippen LogP contribution in [0.25, 0.3) is 0 Å². The van der Waals surface area contributed by atoms with Gasteiger partial charge in [-0.3, -0.25) is 9.69 Å². The van der Waals surface area contributed by atoms with Gasteiger partial charge < -0.3 is 14.8 Å². The van der Waals surface area contributed by atoms with Crippen molar-refractivity contribution in [2.24, 2.45) is 0 Å². The second-order valence-corrected chi connectivity index (χ2v) is 13.4. The molecule has 3 heterocycles. The highest BCUT2D eigenvalue weighted by molar-refractivity contribution is 7.89. The Bertz CT molecular complexity index is 1490. The van der Waals surface area contributed by atoms with Crippen LogP contribution in [-0.2, 0) is 39.0 Å². The molecule has 2 aliphatic heterocycles. The molecule has 1 amide bonds. The van der Waals surface area contributed by atoms with E-state index in [1.807, 2.05) is 18.2 Å². The van der Waals surface area contributed by atoms with E-state index in [4.69, 9.17) is 9.47 Å². The Balaban J connectivity index is 0.00000405. The van der Waals surface area contributed by atoms with E-state index in [1.54, 1.807) is 6.92 Å². The first-order chi connectivity index (χ1) is 19.8. The van der Waals surface area contributed by atoms with E-state index in [0.717, 1.165) is 36.4 Å².